The minimum absolute atomic E-state index is 0.145. The summed E-state index contributed by atoms with van der Waals surface area (Å²) < 4.78 is 0. The number of aliphatic hydroxyl groups is 1. The number of halogens is 2. The lowest BCUT2D eigenvalue weighted by Crippen LogP contribution is -2.26. The van der Waals surface area contributed by atoms with Gasteiger partial charge in [-0.2, -0.15) is 0 Å². The van der Waals surface area contributed by atoms with Crippen molar-refractivity contribution < 1.29 is 5.11 Å². The minimum Gasteiger partial charge on any atom is -0.396 e. The van der Waals surface area contributed by atoms with Crippen molar-refractivity contribution >= 4 is 23.2 Å². The van der Waals surface area contributed by atoms with Gasteiger partial charge >= 0.3 is 0 Å². The minimum atomic E-state index is 0.145. The molecule has 0 bridgehead atoms. The van der Waals surface area contributed by atoms with Gasteiger partial charge in [-0.1, -0.05) is 53.5 Å². The molecule has 94 valence electrons. The van der Waals surface area contributed by atoms with Crippen LogP contribution in [0.25, 0.3) is 0 Å². The zero-order chi connectivity index (χ0) is 12.7. The van der Waals surface area contributed by atoms with E-state index in [2.05, 4.69) is 17.0 Å². The Bertz CT molecular complexity index is 354. The first-order valence-electron chi connectivity index (χ1n) is 5.49. The molecule has 1 N–H and O–H groups in total. The Hall–Kier alpha value is -0.540. The van der Waals surface area contributed by atoms with Crippen molar-refractivity contribution in [2.24, 2.45) is 0 Å². The summed E-state index contributed by atoms with van der Waals surface area (Å²) in [6.07, 6.45) is 0.674. The van der Waals surface area contributed by atoms with Crippen LogP contribution in [0, 0.1) is 0 Å². The van der Waals surface area contributed by atoms with Crippen molar-refractivity contribution in [1.29, 1.82) is 0 Å². The molecular formula is C13H17Cl2NO. The van der Waals surface area contributed by atoms with Crippen molar-refractivity contribution in [2.75, 3.05) is 20.2 Å². The number of nitrogens with zero attached hydrogens (tertiary/aromatic N) is 1. The van der Waals surface area contributed by atoms with Crippen molar-refractivity contribution in [3.05, 3.63) is 46.5 Å². The summed E-state index contributed by atoms with van der Waals surface area (Å²) in [7, 11) is 1.97. The Morgan fingerprint density at radius 1 is 1.41 bits per heavy atom. The van der Waals surface area contributed by atoms with Gasteiger partial charge in [0.1, 0.15) is 0 Å². The monoisotopic (exact) mass is 273 g/mol. The molecule has 2 nitrogen and oxygen atoms in total. The third-order valence-electron chi connectivity index (χ3n) is 2.64. The van der Waals surface area contributed by atoms with E-state index in [9.17, 15) is 0 Å². The van der Waals surface area contributed by atoms with Gasteiger partial charge in [-0.25, -0.2) is 0 Å². The normalized spacial score (nSPS) is 14.1. The van der Waals surface area contributed by atoms with Gasteiger partial charge in [0, 0.05) is 29.8 Å². The number of rotatable bonds is 6. The number of hydrogen-bond acceptors (Lipinski definition) is 2. The summed E-state index contributed by atoms with van der Waals surface area (Å²) in [4.78, 5) is 2.08. The summed E-state index contributed by atoms with van der Waals surface area (Å²) in [5, 5.41) is 9.73. The third kappa shape index (κ3) is 4.68. The van der Waals surface area contributed by atoms with Crippen LogP contribution >= 0.6 is 23.2 Å². The molecule has 1 atom stereocenters. The molecule has 0 aliphatic rings. The Kier molecular flexibility index (Phi) is 6.60. The van der Waals surface area contributed by atoms with Crippen molar-refractivity contribution in [1.82, 2.24) is 4.90 Å². The molecule has 0 aromatic heterocycles. The standard InChI is InChI=1S/C13H17Cl2NO/c1-16(10-12(15)9-14)13(7-8-17)11-5-3-2-4-6-11/h2-6,9,13,17H,7-8,10H2,1H3/b12-9-. The van der Waals surface area contributed by atoms with E-state index in [1.54, 1.807) is 0 Å². The van der Waals surface area contributed by atoms with Gasteiger partial charge in [0.05, 0.1) is 0 Å². The van der Waals surface area contributed by atoms with Crippen LogP contribution in [0.5, 0.6) is 0 Å². The molecule has 1 aromatic carbocycles. The molecule has 0 radical (unpaired) electrons. The van der Waals surface area contributed by atoms with Crippen molar-refractivity contribution in [2.45, 2.75) is 12.5 Å². The van der Waals surface area contributed by atoms with E-state index in [4.69, 9.17) is 28.3 Å². The summed E-state index contributed by atoms with van der Waals surface area (Å²) in [5.41, 5.74) is 2.54. The largest absolute Gasteiger partial charge is 0.396 e. The van der Waals surface area contributed by atoms with E-state index in [-0.39, 0.29) is 12.6 Å². The average Bonchev–Trinajstić information content (AvgIpc) is 2.36. The maximum atomic E-state index is 9.14. The number of aliphatic hydroxyl groups excluding tert-OH is 1. The van der Waals surface area contributed by atoms with Gasteiger partial charge in [0.15, 0.2) is 0 Å². The second-order valence-electron chi connectivity index (χ2n) is 3.91. The fourth-order valence-corrected chi connectivity index (χ4v) is 2.08. The Morgan fingerprint density at radius 2 is 2.06 bits per heavy atom. The molecule has 17 heavy (non-hydrogen) atoms. The zero-order valence-electron chi connectivity index (χ0n) is 9.81. The van der Waals surface area contributed by atoms with Gasteiger partial charge in [-0.3, -0.25) is 4.90 Å². The Labute approximate surface area is 112 Å². The molecule has 1 aromatic rings. The average molecular weight is 274 g/mol. The Balaban J connectivity index is 2.78. The lowest BCUT2D eigenvalue weighted by atomic mass is 10.0. The topological polar surface area (TPSA) is 23.5 Å². The van der Waals surface area contributed by atoms with Gasteiger partial charge in [0.2, 0.25) is 0 Å². The first-order chi connectivity index (χ1) is 8.19. The first-order valence-corrected chi connectivity index (χ1v) is 6.31. The Morgan fingerprint density at radius 3 is 2.59 bits per heavy atom. The third-order valence-corrected chi connectivity index (χ3v) is 3.24. The second kappa shape index (κ2) is 7.72. The molecule has 0 heterocycles. The SMILES string of the molecule is CN(C/C(Cl)=C/Cl)C(CCO)c1ccccc1. The summed E-state index contributed by atoms with van der Waals surface area (Å²) in [6.45, 7) is 0.719. The summed E-state index contributed by atoms with van der Waals surface area (Å²) >= 11 is 11.5. The molecule has 1 unspecified atom stereocenters. The van der Waals surface area contributed by atoms with Crippen LogP contribution in [0.4, 0.5) is 0 Å². The highest BCUT2D eigenvalue weighted by molar-refractivity contribution is 6.36. The molecule has 4 heteroatoms. The van der Waals surface area contributed by atoms with Crippen LogP contribution in [0.1, 0.15) is 18.0 Å². The van der Waals surface area contributed by atoms with Crippen LogP contribution in [-0.2, 0) is 0 Å². The van der Waals surface area contributed by atoms with Crippen LogP contribution in [-0.4, -0.2) is 30.2 Å². The summed E-state index contributed by atoms with van der Waals surface area (Å²) in [6, 6.07) is 10.2. The molecular weight excluding hydrogens is 257 g/mol. The lowest BCUT2D eigenvalue weighted by Gasteiger charge is -2.27. The predicted octanol–water partition coefficient (Wildman–Crippen LogP) is 3.36. The molecule has 0 aliphatic carbocycles. The van der Waals surface area contributed by atoms with E-state index in [0.29, 0.717) is 18.0 Å². The predicted molar refractivity (Wildman–Crippen MR) is 73.3 cm³/mol. The van der Waals surface area contributed by atoms with Crippen LogP contribution in [0.15, 0.2) is 40.9 Å². The van der Waals surface area contributed by atoms with E-state index >= 15 is 0 Å². The van der Waals surface area contributed by atoms with E-state index in [0.717, 1.165) is 0 Å². The highest BCUT2D eigenvalue weighted by atomic mass is 35.5. The van der Waals surface area contributed by atoms with Gasteiger partial charge in [-0.15, -0.1) is 0 Å². The number of likely N-dealkylation sites (N-methyl/N-ethyl adjacent to an activating group) is 1. The number of hydrogen-bond donors (Lipinski definition) is 1. The van der Waals surface area contributed by atoms with E-state index in [1.165, 1.54) is 11.1 Å². The molecule has 0 saturated heterocycles. The van der Waals surface area contributed by atoms with Gasteiger partial charge < -0.3 is 5.11 Å². The maximum absolute atomic E-state index is 9.14. The van der Waals surface area contributed by atoms with Gasteiger partial charge in [-0.05, 0) is 19.0 Å². The molecule has 0 amide bonds. The second-order valence-corrected chi connectivity index (χ2v) is 4.61. The maximum Gasteiger partial charge on any atom is 0.0449 e. The van der Waals surface area contributed by atoms with E-state index < -0.39 is 0 Å². The lowest BCUT2D eigenvalue weighted by molar-refractivity contribution is 0.197. The van der Waals surface area contributed by atoms with E-state index in [1.807, 2.05) is 25.2 Å². The van der Waals surface area contributed by atoms with Crippen molar-refractivity contribution in [3.63, 3.8) is 0 Å². The zero-order valence-corrected chi connectivity index (χ0v) is 11.3. The molecule has 0 fully saturated rings. The smallest absolute Gasteiger partial charge is 0.0449 e. The molecule has 0 aliphatic heterocycles. The number of benzene rings is 1. The molecule has 0 spiro atoms. The van der Waals surface area contributed by atoms with Crippen LogP contribution in [0.3, 0.4) is 0 Å². The summed E-state index contributed by atoms with van der Waals surface area (Å²) in [5.74, 6) is 0. The van der Waals surface area contributed by atoms with Crippen molar-refractivity contribution in [3.8, 4) is 0 Å². The highest BCUT2D eigenvalue weighted by Gasteiger charge is 2.16. The first kappa shape index (κ1) is 14.5. The highest BCUT2D eigenvalue weighted by Crippen LogP contribution is 2.24. The van der Waals surface area contributed by atoms with Crippen LogP contribution in [0.2, 0.25) is 0 Å². The molecule has 1 rings (SSSR count). The fourth-order valence-electron chi connectivity index (χ4n) is 1.82. The van der Waals surface area contributed by atoms with Gasteiger partial charge in [0.25, 0.3) is 0 Å². The quantitative estimate of drug-likeness (QED) is 0.859. The fraction of sp³-hybridized carbons (Fsp3) is 0.385. The molecule has 0 saturated carbocycles. The van der Waals surface area contributed by atoms with Crippen LogP contribution < -0.4 is 0 Å².